The maximum atomic E-state index is 11.6. The first-order valence-electron chi connectivity index (χ1n) is 5.77. The monoisotopic (exact) mass is 246 g/mol. The summed E-state index contributed by atoms with van der Waals surface area (Å²) < 4.78 is 5.40. The lowest BCUT2D eigenvalue weighted by Gasteiger charge is -2.29. The molecule has 2 N–H and O–H groups in total. The molecule has 0 aromatic carbocycles. The second kappa shape index (κ2) is 7.14. The number of piperidine rings is 1. The number of carbonyl (C=O) groups is 1. The van der Waals surface area contributed by atoms with Gasteiger partial charge >= 0.3 is 5.97 Å². The fourth-order valence-electron chi connectivity index (χ4n) is 1.72. The van der Waals surface area contributed by atoms with Crippen molar-refractivity contribution in [1.82, 2.24) is 4.90 Å². The summed E-state index contributed by atoms with van der Waals surface area (Å²) in [6.45, 7) is 2.00. The van der Waals surface area contributed by atoms with Gasteiger partial charge in [0, 0.05) is 13.1 Å². The van der Waals surface area contributed by atoms with Gasteiger partial charge in [0.1, 0.15) is 12.1 Å². The summed E-state index contributed by atoms with van der Waals surface area (Å²) in [6.07, 6.45) is 4.64. The Labute approximate surface area is 102 Å². The summed E-state index contributed by atoms with van der Waals surface area (Å²) in [6, 6.07) is -0.452. The second-order valence-electron chi connectivity index (χ2n) is 4.33. The van der Waals surface area contributed by atoms with Gasteiger partial charge in [-0.05, 0) is 38.3 Å². The van der Waals surface area contributed by atoms with Crippen LogP contribution in [-0.2, 0) is 9.53 Å². The zero-order valence-electron chi connectivity index (χ0n) is 10.1. The topological polar surface area (TPSA) is 55.6 Å². The van der Waals surface area contributed by atoms with E-state index < -0.39 is 6.04 Å². The molecule has 1 atom stereocenters. The number of nitrogens with two attached hydrogens (primary N) is 1. The highest BCUT2D eigenvalue weighted by atomic mass is 32.2. The molecule has 5 heteroatoms. The van der Waals surface area contributed by atoms with E-state index in [0.717, 1.165) is 31.7 Å². The smallest absolute Gasteiger partial charge is 0.323 e. The molecule has 0 amide bonds. The van der Waals surface area contributed by atoms with Gasteiger partial charge < -0.3 is 15.4 Å². The predicted molar refractivity (Wildman–Crippen MR) is 67.6 cm³/mol. The van der Waals surface area contributed by atoms with Crippen LogP contribution in [0.2, 0.25) is 0 Å². The molecule has 0 aromatic heterocycles. The number of hydrogen-bond acceptors (Lipinski definition) is 5. The third kappa shape index (κ3) is 4.72. The highest BCUT2D eigenvalue weighted by Crippen LogP contribution is 2.13. The average Bonchev–Trinajstić information content (AvgIpc) is 2.29. The largest absolute Gasteiger partial charge is 0.461 e. The maximum Gasteiger partial charge on any atom is 0.323 e. The van der Waals surface area contributed by atoms with Gasteiger partial charge in [-0.25, -0.2) is 0 Å². The molecule has 1 fully saturated rings. The van der Waals surface area contributed by atoms with E-state index in [9.17, 15) is 4.79 Å². The quantitative estimate of drug-likeness (QED) is 0.724. The number of ether oxygens (including phenoxy) is 1. The summed E-state index contributed by atoms with van der Waals surface area (Å²) in [5, 5.41) is 0. The molecule has 0 aliphatic carbocycles. The molecule has 1 heterocycles. The zero-order chi connectivity index (χ0) is 12.0. The van der Waals surface area contributed by atoms with Crippen LogP contribution in [-0.4, -0.2) is 55.2 Å². The first kappa shape index (κ1) is 13.8. The number of hydrogen-bond donors (Lipinski definition) is 1. The normalized spacial score (nSPS) is 20.7. The molecule has 4 nitrogen and oxygen atoms in total. The Hall–Kier alpha value is -0.260. The minimum absolute atomic E-state index is 0.0732. The molecule has 1 unspecified atom stereocenters. The lowest BCUT2D eigenvalue weighted by Crippen LogP contribution is -2.40. The fraction of sp³-hybridized carbons (Fsp3) is 0.909. The molecule has 0 bridgehead atoms. The van der Waals surface area contributed by atoms with Crippen molar-refractivity contribution in [3.8, 4) is 0 Å². The van der Waals surface area contributed by atoms with Gasteiger partial charge in [-0.1, -0.05) is 0 Å². The lowest BCUT2D eigenvalue weighted by molar-refractivity contribution is -0.152. The van der Waals surface area contributed by atoms with Crippen LogP contribution >= 0.6 is 11.8 Å². The predicted octanol–water partition coefficient (Wildman–Crippen LogP) is 0.704. The van der Waals surface area contributed by atoms with E-state index in [-0.39, 0.29) is 12.1 Å². The Morgan fingerprint density at radius 1 is 1.56 bits per heavy atom. The highest BCUT2D eigenvalue weighted by Gasteiger charge is 2.23. The van der Waals surface area contributed by atoms with Crippen LogP contribution < -0.4 is 5.73 Å². The van der Waals surface area contributed by atoms with E-state index in [4.69, 9.17) is 10.5 Å². The van der Waals surface area contributed by atoms with E-state index in [0.29, 0.717) is 6.42 Å². The summed E-state index contributed by atoms with van der Waals surface area (Å²) in [7, 11) is 2.09. The standard InChI is InChI=1S/C11H22N2O2S/c1-13-6-3-9(4-7-13)15-11(14)10(12)5-8-16-2/h9-10H,3-8,12H2,1-2H3. The summed E-state index contributed by atoms with van der Waals surface area (Å²) in [5.41, 5.74) is 5.75. The molecular weight excluding hydrogens is 224 g/mol. The Balaban J connectivity index is 2.22. The average molecular weight is 246 g/mol. The van der Waals surface area contributed by atoms with Crippen molar-refractivity contribution in [2.45, 2.75) is 31.4 Å². The SMILES string of the molecule is CSCCC(N)C(=O)OC1CCN(C)CC1. The van der Waals surface area contributed by atoms with Crippen LogP contribution in [0.15, 0.2) is 0 Å². The van der Waals surface area contributed by atoms with Gasteiger partial charge in [0.15, 0.2) is 0 Å². The van der Waals surface area contributed by atoms with Crippen molar-refractivity contribution in [3.63, 3.8) is 0 Å². The molecule has 1 aliphatic rings. The molecule has 16 heavy (non-hydrogen) atoms. The van der Waals surface area contributed by atoms with E-state index in [1.165, 1.54) is 0 Å². The zero-order valence-corrected chi connectivity index (χ0v) is 11.0. The number of rotatable bonds is 5. The molecular formula is C11H22N2O2S. The van der Waals surface area contributed by atoms with Crippen LogP contribution in [0.25, 0.3) is 0 Å². The van der Waals surface area contributed by atoms with Gasteiger partial charge in [0.2, 0.25) is 0 Å². The first-order valence-corrected chi connectivity index (χ1v) is 7.16. The molecule has 0 spiro atoms. The van der Waals surface area contributed by atoms with Crippen LogP contribution in [0.1, 0.15) is 19.3 Å². The van der Waals surface area contributed by atoms with Crippen molar-refractivity contribution in [2.75, 3.05) is 32.1 Å². The Kier molecular flexibility index (Phi) is 6.16. The molecule has 1 saturated heterocycles. The fourth-order valence-corrected chi connectivity index (χ4v) is 2.21. The molecule has 0 radical (unpaired) electrons. The lowest BCUT2D eigenvalue weighted by atomic mass is 10.1. The van der Waals surface area contributed by atoms with Crippen LogP contribution in [0.3, 0.4) is 0 Å². The van der Waals surface area contributed by atoms with Gasteiger partial charge in [0.25, 0.3) is 0 Å². The highest BCUT2D eigenvalue weighted by molar-refractivity contribution is 7.98. The van der Waals surface area contributed by atoms with Gasteiger partial charge in [-0.15, -0.1) is 0 Å². The van der Waals surface area contributed by atoms with Gasteiger partial charge in [-0.2, -0.15) is 11.8 Å². The third-order valence-corrected chi connectivity index (χ3v) is 3.53. The van der Waals surface area contributed by atoms with Gasteiger partial charge in [0.05, 0.1) is 0 Å². The van der Waals surface area contributed by atoms with Crippen molar-refractivity contribution in [3.05, 3.63) is 0 Å². The maximum absolute atomic E-state index is 11.6. The van der Waals surface area contributed by atoms with Crippen molar-refractivity contribution < 1.29 is 9.53 Å². The van der Waals surface area contributed by atoms with Crippen LogP contribution in [0.4, 0.5) is 0 Å². The Morgan fingerprint density at radius 3 is 2.75 bits per heavy atom. The Morgan fingerprint density at radius 2 is 2.19 bits per heavy atom. The van der Waals surface area contributed by atoms with Crippen molar-refractivity contribution in [1.29, 1.82) is 0 Å². The Bertz CT molecular complexity index is 218. The number of esters is 1. The van der Waals surface area contributed by atoms with Crippen molar-refractivity contribution >= 4 is 17.7 Å². The molecule has 1 aliphatic heterocycles. The molecule has 0 saturated carbocycles. The van der Waals surface area contributed by atoms with E-state index >= 15 is 0 Å². The number of nitrogens with zero attached hydrogens (tertiary/aromatic N) is 1. The minimum Gasteiger partial charge on any atom is -0.461 e. The summed E-state index contributed by atoms with van der Waals surface area (Å²) >= 11 is 1.70. The summed E-state index contributed by atoms with van der Waals surface area (Å²) in [4.78, 5) is 13.9. The molecule has 0 aromatic rings. The first-order chi connectivity index (χ1) is 7.63. The third-order valence-electron chi connectivity index (χ3n) is 2.88. The number of thioether (sulfide) groups is 1. The number of carbonyl (C=O) groups excluding carboxylic acids is 1. The van der Waals surface area contributed by atoms with Gasteiger partial charge in [-0.3, -0.25) is 4.79 Å². The van der Waals surface area contributed by atoms with Crippen LogP contribution in [0.5, 0.6) is 0 Å². The second-order valence-corrected chi connectivity index (χ2v) is 5.31. The van der Waals surface area contributed by atoms with E-state index in [1.807, 2.05) is 6.26 Å². The van der Waals surface area contributed by atoms with E-state index in [2.05, 4.69) is 11.9 Å². The van der Waals surface area contributed by atoms with Crippen molar-refractivity contribution in [2.24, 2.45) is 5.73 Å². The van der Waals surface area contributed by atoms with Crippen LogP contribution in [0, 0.1) is 0 Å². The number of likely N-dealkylation sites (tertiary alicyclic amines) is 1. The molecule has 94 valence electrons. The molecule has 1 rings (SSSR count). The minimum atomic E-state index is -0.452. The van der Waals surface area contributed by atoms with E-state index in [1.54, 1.807) is 11.8 Å². The summed E-state index contributed by atoms with van der Waals surface area (Å²) in [5.74, 6) is 0.674.